The van der Waals surface area contributed by atoms with Gasteiger partial charge in [0.1, 0.15) is 16.5 Å². The quantitative estimate of drug-likeness (QED) is 0.195. The van der Waals surface area contributed by atoms with Crippen LogP contribution in [-0.4, -0.2) is 44.0 Å². The average Bonchev–Trinajstić information content (AvgIpc) is 3.33. The molecule has 7 nitrogen and oxygen atoms in total. The zero-order chi connectivity index (χ0) is 30.6. The van der Waals surface area contributed by atoms with E-state index in [2.05, 4.69) is 10.3 Å². The zero-order valence-corrected chi connectivity index (χ0v) is 23.1. The van der Waals surface area contributed by atoms with Crippen LogP contribution in [0.2, 0.25) is 5.15 Å². The van der Waals surface area contributed by atoms with Crippen molar-refractivity contribution in [2.75, 3.05) is 11.9 Å². The number of nitrogens with zero attached hydrogens (tertiary/aromatic N) is 3. The molecule has 0 bridgehead atoms. The van der Waals surface area contributed by atoms with Crippen molar-refractivity contribution in [2.45, 2.75) is 44.9 Å². The Kier molecular flexibility index (Phi) is 7.48. The van der Waals surface area contributed by atoms with Crippen LogP contribution in [0, 0.1) is 18.6 Å². The fourth-order valence-corrected chi connectivity index (χ4v) is 5.58. The highest BCUT2D eigenvalue weighted by molar-refractivity contribution is 6.30. The summed E-state index contributed by atoms with van der Waals surface area (Å²) in [4.78, 5) is 31.3. The Hall–Kier alpha value is -4.03. The second kappa shape index (κ2) is 10.7. The molecule has 0 spiro atoms. The van der Waals surface area contributed by atoms with Gasteiger partial charge in [0.25, 0.3) is 11.8 Å². The van der Waals surface area contributed by atoms with Crippen molar-refractivity contribution < 1.29 is 36.6 Å². The Morgan fingerprint density at radius 3 is 2.62 bits per heavy atom. The maximum Gasteiger partial charge on any atom is 0.416 e. The molecule has 2 aliphatic heterocycles. The monoisotopic (exact) mass is 606 g/mol. The van der Waals surface area contributed by atoms with E-state index in [-0.39, 0.29) is 27.5 Å². The number of nitrogens with one attached hydrogen (secondary N) is 1. The maximum atomic E-state index is 14.6. The summed E-state index contributed by atoms with van der Waals surface area (Å²) in [5.41, 5.74) is -2.55. The number of pyridine rings is 1. The first-order valence-electron chi connectivity index (χ1n) is 12.8. The molecular formula is C29H24ClF5N4O3. The fraction of sp³-hybridized carbons (Fsp3) is 0.276. The number of hydrazine groups is 1. The van der Waals surface area contributed by atoms with E-state index >= 15 is 0 Å². The standard InChI is InChI=1S/C29H24ClF5N4O3/c1-15-18(9-11-36-25(15)30)19-13-17(29(33,34)35)7-8-21(19)37-26(41)22-24(40)28(2)10-4-12-39(28)38(27(22)42)14-16-5-3-6-20(31)23(16)32/h3,5-9,11,13,40H,4,10,12,14H2,1-2H3,(H,37,41)/t28-/m1/s1. The Morgan fingerprint density at radius 2 is 1.90 bits per heavy atom. The molecule has 1 fully saturated rings. The van der Waals surface area contributed by atoms with Crippen LogP contribution in [0.3, 0.4) is 0 Å². The molecule has 0 aliphatic carbocycles. The fourth-order valence-electron chi connectivity index (χ4n) is 5.42. The molecule has 42 heavy (non-hydrogen) atoms. The molecule has 2 aromatic carbocycles. The van der Waals surface area contributed by atoms with Crippen LogP contribution in [0.4, 0.5) is 27.6 Å². The van der Waals surface area contributed by atoms with Gasteiger partial charge in [-0.3, -0.25) is 14.6 Å². The Morgan fingerprint density at radius 1 is 1.17 bits per heavy atom. The number of hydrogen-bond donors (Lipinski definition) is 2. The lowest BCUT2D eigenvalue weighted by atomic mass is 9.90. The van der Waals surface area contributed by atoms with Crippen molar-refractivity contribution in [3.8, 4) is 11.1 Å². The van der Waals surface area contributed by atoms with Gasteiger partial charge >= 0.3 is 6.18 Å². The second-order valence-electron chi connectivity index (χ2n) is 10.3. The van der Waals surface area contributed by atoms with E-state index in [0.717, 1.165) is 29.3 Å². The number of alkyl halides is 3. The third-order valence-electron chi connectivity index (χ3n) is 7.70. The lowest BCUT2D eigenvalue weighted by molar-refractivity contribution is -0.160. The molecule has 3 aromatic rings. The lowest BCUT2D eigenvalue weighted by Crippen LogP contribution is -2.60. The molecule has 13 heteroatoms. The van der Waals surface area contributed by atoms with Gasteiger partial charge < -0.3 is 10.4 Å². The van der Waals surface area contributed by atoms with Crippen LogP contribution in [-0.2, 0) is 22.3 Å². The van der Waals surface area contributed by atoms with Gasteiger partial charge in [0.05, 0.1) is 17.6 Å². The maximum absolute atomic E-state index is 14.6. The SMILES string of the molecule is Cc1c(-c2cc(C(F)(F)F)ccc2NC(=O)C2=C(O)[C@@]3(C)CCCN3N(Cc3cccc(F)c3F)C2=O)ccnc1Cl. The summed E-state index contributed by atoms with van der Waals surface area (Å²) in [6.07, 6.45) is -2.54. The highest BCUT2D eigenvalue weighted by Gasteiger charge is 2.52. The van der Waals surface area contributed by atoms with Crippen LogP contribution < -0.4 is 5.32 Å². The summed E-state index contributed by atoms with van der Waals surface area (Å²) < 4.78 is 69.4. The minimum absolute atomic E-state index is 0.0412. The van der Waals surface area contributed by atoms with Gasteiger partial charge in [0, 0.05) is 29.6 Å². The van der Waals surface area contributed by atoms with E-state index in [1.807, 2.05) is 0 Å². The number of aliphatic hydroxyl groups excluding tert-OH is 1. The number of aliphatic hydroxyl groups is 1. The van der Waals surface area contributed by atoms with Crippen molar-refractivity contribution in [2.24, 2.45) is 0 Å². The van der Waals surface area contributed by atoms with Gasteiger partial charge in [-0.15, -0.1) is 0 Å². The first-order chi connectivity index (χ1) is 19.7. The van der Waals surface area contributed by atoms with Crippen molar-refractivity contribution >= 4 is 29.1 Å². The molecule has 0 saturated carbocycles. The minimum atomic E-state index is -4.70. The highest BCUT2D eigenvalue weighted by Crippen LogP contribution is 2.43. The first-order valence-corrected chi connectivity index (χ1v) is 13.2. The third-order valence-corrected chi connectivity index (χ3v) is 8.08. The number of fused-ring (bicyclic) bond motifs is 1. The van der Waals surface area contributed by atoms with Gasteiger partial charge in [0.2, 0.25) is 0 Å². The summed E-state index contributed by atoms with van der Waals surface area (Å²) in [6.45, 7) is 3.02. The molecule has 2 aliphatic rings. The van der Waals surface area contributed by atoms with E-state index in [4.69, 9.17) is 11.6 Å². The molecule has 3 heterocycles. The number of amides is 2. The number of halogens is 6. The predicted molar refractivity (Wildman–Crippen MR) is 144 cm³/mol. The second-order valence-corrected chi connectivity index (χ2v) is 10.6. The molecular weight excluding hydrogens is 583 g/mol. The molecule has 1 aromatic heterocycles. The molecule has 1 saturated heterocycles. The number of rotatable bonds is 5. The van der Waals surface area contributed by atoms with Gasteiger partial charge in [-0.1, -0.05) is 23.7 Å². The van der Waals surface area contributed by atoms with Crippen LogP contribution in [0.5, 0.6) is 0 Å². The summed E-state index contributed by atoms with van der Waals surface area (Å²) in [6, 6.07) is 7.59. The van der Waals surface area contributed by atoms with Gasteiger partial charge in [-0.25, -0.2) is 18.8 Å². The van der Waals surface area contributed by atoms with Crippen LogP contribution in [0.15, 0.2) is 60.0 Å². The van der Waals surface area contributed by atoms with Crippen molar-refractivity contribution in [1.82, 2.24) is 15.0 Å². The minimum Gasteiger partial charge on any atom is -0.509 e. The van der Waals surface area contributed by atoms with E-state index in [0.29, 0.717) is 24.9 Å². The van der Waals surface area contributed by atoms with Crippen LogP contribution >= 0.6 is 11.6 Å². The first kappa shape index (κ1) is 29.5. The average molecular weight is 607 g/mol. The number of carbonyl (C=O) groups is 2. The smallest absolute Gasteiger partial charge is 0.416 e. The largest absolute Gasteiger partial charge is 0.509 e. The zero-order valence-electron chi connectivity index (χ0n) is 22.3. The van der Waals surface area contributed by atoms with Crippen molar-refractivity contribution in [3.05, 3.63) is 93.5 Å². The van der Waals surface area contributed by atoms with Crippen LogP contribution in [0.25, 0.3) is 11.1 Å². The molecule has 2 N–H and O–H groups in total. The van der Waals surface area contributed by atoms with E-state index in [1.54, 1.807) is 13.8 Å². The Balaban J connectivity index is 1.57. The number of carbonyl (C=O) groups excluding carboxylic acids is 2. The van der Waals surface area contributed by atoms with Gasteiger partial charge in [-0.2, -0.15) is 13.2 Å². The van der Waals surface area contributed by atoms with Crippen LogP contribution in [0.1, 0.15) is 36.5 Å². The third kappa shape index (κ3) is 4.98. The number of benzene rings is 2. The van der Waals surface area contributed by atoms with E-state index in [1.165, 1.54) is 29.4 Å². The molecule has 0 radical (unpaired) electrons. The Bertz CT molecular complexity index is 1640. The predicted octanol–water partition coefficient (Wildman–Crippen LogP) is 6.57. The topological polar surface area (TPSA) is 85.8 Å². The summed E-state index contributed by atoms with van der Waals surface area (Å²) in [5, 5.41) is 16.4. The van der Waals surface area contributed by atoms with Gasteiger partial charge in [0.15, 0.2) is 11.6 Å². The van der Waals surface area contributed by atoms with E-state index in [9.17, 15) is 36.6 Å². The summed E-state index contributed by atoms with van der Waals surface area (Å²) in [5.74, 6) is -4.87. The Labute approximate surface area is 242 Å². The highest BCUT2D eigenvalue weighted by atomic mass is 35.5. The number of anilines is 1. The molecule has 5 rings (SSSR count). The van der Waals surface area contributed by atoms with Gasteiger partial charge in [-0.05, 0) is 68.1 Å². The number of hydrogen-bond acceptors (Lipinski definition) is 5. The number of aromatic nitrogens is 1. The molecule has 1 atom stereocenters. The van der Waals surface area contributed by atoms with Crippen molar-refractivity contribution in [1.29, 1.82) is 0 Å². The molecule has 220 valence electrons. The molecule has 0 unspecified atom stereocenters. The van der Waals surface area contributed by atoms with Crippen molar-refractivity contribution in [3.63, 3.8) is 0 Å². The summed E-state index contributed by atoms with van der Waals surface area (Å²) in [7, 11) is 0. The normalized spacial score (nSPS) is 19.3. The molecule has 2 amide bonds. The van der Waals surface area contributed by atoms with E-state index < -0.39 is 58.6 Å². The summed E-state index contributed by atoms with van der Waals surface area (Å²) >= 11 is 6.12. The lowest BCUT2D eigenvalue weighted by Gasteiger charge is -2.46.